The molecule has 5 rings (SSSR count). The summed E-state index contributed by atoms with van der Waals surface area (Å²) in [5.74, 6) is 0. The molecule has 146 valence electrons. The summed E-state index contributed by atoms with van der Waals surface area (Å²) in [4.78, 5) is 9.06. The van der Waals surface area contributed by atoms with Crippen molar-refractivity contribution in [1.82, 2.24) is 19.1 Å². The Hall–Kier alpha value is -4.05. The van der Waals surface area contributed by atoms with Gasteiger partial charge in [-0.25, -0.2) is 9.13 Å². The van der Waals surface area contributed by atoms with Gasteiger partial charge >= 0.3 is 11.3 Å². The first-order valence-electron chi connectivity index (χ1n) is 9.74. The lowest BCUT2D eigenvalue weighted by atomic mass is 10.1. The van der Waals surface area contributed by atoms with Crippen LogP contribution in [0.5, 0.6) is 0 Å². The minimum atomic E-state index is 0.648. The number of aryl methyl sites for hydroxylation is 2. The van der Waals surface area contributed by atoms with Crippen LogP contribution >= 0.6 is 0 Å². The average molecular weight is 395 g/mol. The van der Waals surface area contributed by atoms with E-state index < -0.39 is 0 Å². The zero-order chi connectivity index (χ0) is 20.7. The lowest BCUT2D eigenvalue weighted by Gasteiger charge is -2.05. The molecule has 0 saturated carbocycles. The number of hydrogen-bond donors (Lipinski definition) is 0. The van der Waals surface area contributed by atoms with Gasteiger partial charge < -0.3 is 0 Å². The second-order valence-electron chi connectivity index (χ2n) is 7.55. The van der Waals surface area contributed by atoms with Crippen LogP contribution in [0, 0.1) is 11.3 Å². The highest BCUT2D eigenvalue weighted by atomic mass is 15.2. The smallest absolute Gasteiger partial charge is 0.263 e. The van der Waals surface area contributed by atoms with E-state index in [9.17, 15) is 5.26 Å². The molecule has 0 spiro atoms. The molecule has 0 atom stereocenters. The molecule has 0 amide bonds. The standard InChI is InChI=1S/C23H21N7/c1-27-15-29(22-20(27)5-3-7-25-22)13-18-9-17(12-24)10-19(11-18)14-30-16-28(2)21-6-4-8-26-23(21)30/h3-11,15-16H,13-14H2,1-2H3/q+2. The van der Waals surface area contributed by atoms with Crippen molar-refractivity contribution in [3.05, 3.63) is 84.2 Å². The fourth-order valence-electron chi connectivity index (χ4n) is 4.06. The lowest BCUT2D eigenvalue weighted by molar-refractivity contribution is -0.666. The number of aromatic nitrogens is 6. The number of benzene rings is 1. The van der Waals surface area contributed by atoms with Crippen molar-refractivity contribution >= 4 is 22.3 Å². The predicted octanol–water partition coefficient (Wildman–Crippen LogP) is 2.00. The highest BCUT2D eigenvalue weighted by Gasteiger charge is 2.17. The quantitative estimate of drug-likeness (QED) is 0.437. The van der Waals surface area contributed by atoms with Crippen LogP contribution in [-0.4, -0.2) is 19.1 Å². The Morgan fingerprint density at radius 2 is 1.33 bits per heavy atom. The van der Waals surface area contributed by atoms with Gasteiger partial charge in [-0.2, -0.15) is 5.26 Å². The van der Waals surface area contributed by atoms with Gasteiger partial charge in [0.05, 0.1) is 38.8 Å². The van der Waals surface area contributed by atoms with Crippen LogP contribution in [0.15, 0.2) is 67.5 Å². The summed E-state index contributed by atoms with van der Waals surface area (Å²) in [6.45, 7) is 1.30. The summed E-state index contributed by atoms with van der Waals surface area (Å²) in [5.41, 5.74) is 6.80. The molecule has 4 heterocycles. The van der Waals surface area contributed by atoms with Crippen molar-refractivity contribution < 1.29 is 9.13 Å². The summed E-state index contributed by atoms with van der Waals surface area (Å²) in [7, 11) is 4.03. The van der Waals surface area contributed by atoms with E-state index in [0.717, 1.165) is 33.5 Å². The zero-order valence-corrected chi connectivity index (χ0v) is 16.9. The van der Waals surface area contributed by atoms with Gasteiger partial charge in [-0.05, 0) is 53.6 Å². The van der Waals surface area contributed by atoms with Gasteiger partial charge in [-0.1, -0.05) is 0 Å². The van der Waals surface area contributed by atoms with E-state index in [1.54, 1.807) is 12.4 Å². The average Bonchev–Trinajstić information content (AvgIpc) is 3.25. The van der Waals surface area contributed by atoms with E-state index in [1.807, 2.05) is 51.0 Å². The fraction of sp³-hybridized carbons (Fsp3) is 0.174. The molecule has 0 aliphatic heterocycles. The van der Waals surface area contributed by atoms with Crippen LogP contribution in [0.2, 0.25) is 0 Å². The van der Waals surface area contributed by atoms with Crippen LogP contribution in [0.25, 0.3) is 22.3 Å². The molecule has 0 radical (unpaired) electrons. The highest BCUT2D eigenvalue weighted by molar-refractivity contribution is 5.67. The van der Waals surface area contributed by atoms with E-state index in [-0.39, 0.29) is 0 Å². The van der Waals surface area contributed by atoms with Crippen molar-refractivity contribution in [3.8, 4) is 6.07 Å². The molecule has 0 aliphatic rings. The van der Waals surface area contributed by atoms with E-state index in [2.05, 4.69) is 52.5 Å². The van der Waals surface area contributed by atoms with Gasteiger partial charge in [-0.3, -0.25) is 9.13 Å². The van der Waals surface area contributed by atoms with Crippen LogP contribution in [0.1, 0.15) is 16.7 Å². The summed E-state index contributed by atoms with van der Waals surface area (Å²) in [6.07, 6.45) is 7.69. The first-order chi connectivity index (χ1) is 14.6. The van der Waals surface area contributed by atoms with E-state index in [1.165, 1.54) is 0 Å². The Morgan fingerprint density at radius 1 is 0.833 bits per heavy atom. The molecule has 30 heavy (non-hydrogen) atoms. The minimum Gasteiger partial charge on any atom is -0.263 e. The van der Waals surface area contributed by atoms with E-state index in [4.69, 9.17) is 0 Å². The third kappa shape index (κ3) is 3.08. The third-order valence-corrected chi connectivity index (χ3v) is 5.35. The van der Waals surface area contributed by atoms with Crippen LogP contribution in [0.3, 0.4) is 0 Å². The van der Waals surface area contributed by atoms with Crippen molar-refractivity contribution in [3.63, 3.8) is 0 Å². The Balaban J connectivity index is 1.53. The van der Waals surface area contributed by atoms with Gasteiger partial charge in [-0.15, -0.1) is 9.97 Å². The van der Waals surface area contributed by atoms with Crippen molar-refractivity contribution in [2.75, 3.05) is 0 Å². The number of nitrogens with zero attached hydrogens (tertiary/aromatic N) is 7. The molecule has 0 unspecified atom stereocenters. The third-order valence-electron chi connectivity index (χ3n) is 5.35. The van der Waals surface area contributed by atoms with Crippen molar-refractivity contribution in [2.45, 2.75) is 13.1 Å². The topological polar surface area (TPSA) is 67.2 Å². The molecule has 5 aromatic rings. The number of pyridine rings is 2. The molecular formula is C23H21N7+2. The monoisotopic (exact) mass is 395 g/mol. The van der Waals surface area contributed by atoms with E-state index >= 15 is 0 Å². The van der Waals surface area contributed by atoms with Crippen molar-refractivity contribution in [1.29, 1.82) is 5.26 Å². The Bertz CT molecular complexity index is 1340. The molecule has 7 heteroatoms. The summed E-state index contributed by atoms with van der Waals surface area (Å²) in [5, 5.41) is 9.57. The second kappa shape index (κ2) is 7.08. The number of nitriles is 1. The van der Waals surface area contributed by atoms with Gasteiger partial charge in [0.25, 0.3) is 0 Å². The Morgan fingerprint density at radius 3 is 1.80 bits per heavy atom. The number of hydrogen-bond acceptors (Lipinski definition) is 3. The van der Waals surface area contributed by atoms with Crippen LogP contribution < -0.4 is 9.13 Å². The molecule has 1 aromatic carbocycles. The normalized spacial score (nSPS) is 11.2. The van der Waals surface area contributed by atoms with Crippen LogP contribution in [-0.2, 0) is 27.2 Å². The Labute approximate surface area is 173 Å². The first kappa shape index (κ1) is 18.0. The van der Waals surface area contributed by atoms with Crippen LogP contribution in [0.4, 0.5) is 0 Å². The van der Waals surface area contributed by atoms with Gasteiger partial charge in [0.1, 0.15) is 12.4 Å². The van der Waals surface area contributed by atoms with Gasteiger partial charge in [0, 0.05) is 0 Å². The molecule has 0 N–H and O–H groups in total. The zero-order valence-electron chi connectivity index (χ0n) is 16.9. The maximum absolute atomic E-state index is 9.57. The SMILES string of the molecule is Cn1c[n+](Cc2cc(C#N)cc(C[n+]3cn(C)c4cccnc43)c2)c2ncccc21. The number of rotatable bonds is 4. The molecule has 0 saturated heterocycles. The fourth-order valence-corrected chi connectivity index (χ4v) is 4.06. The lowest BCUT2D eigenvalue weighted by Crippen LogP contribution is -2.35. The maximum Gasteiger partial charge on any atom is 0.301 e. The van der Waals surface area contributed by atoms with Crippen molar-refractivity contribution in [2.24, 2.45) is 14.1 Å². The summed E-state index contributed by atoms with van der Waals surface area (Å²) in [6, 6.07) is 16.4. The summed E-state index contributed by atoms with van der Waals surface area (Å²) < 4.78 is 8.36. The maximum atomic E-state index is 9.57. The largest absolute Gasteiger partial charge is 0.301 e. The first-order valence-corrected chi connectivity index (χ1v) is 9.74. The number of imidazole rings is 2. The number of fused-ring (bicyclic) bond motifs is 2. The summed E-state index contributed by atoms with van der Waals surface area (Å²) >= 11 is 0. The minimum absolute atomic E-state index is 0.648. The van der Waals surface area contributed by atoms with Gasteiger partial charge in [0.15, 0.2) is 23.7 Å². The van der Waals surface area contributed by atoms with E-state index in [0.29, 0.717) is 18.7 Å². The second-order valence-corrected chi connectivity index (χ2v) is 7.55. The molecule has 7 nitrogen and oxygen atoms in total. The highest BCUT2D eigenvalue weighted by Crippen LogP contribution is 2.13. The molecule has 0 aliphatic carbocycles. The molecule has 4 aromatic heterocycles. The predicted molar refractivity (Wildman–Crippen MR) is 111 cm³/mol. The Kier molecular flexibility index (Phi) is 4.25. The molecule has 0 bridgehead atoms. The van der Waals surface area contributed by atoms with Gasteiger partial charge in [0.2, 0.25) is 0 Å². The molecular weight excluding hydrogens is 374 g/mol. The molecule has 0 fully saturated rings.